The summed E-state index contributed by atoms with van der Waals surface area (Å²) < 4.78 is 13.4. The molecule has 0 bridgehead atoms. The Morgan fingerprint density at radius 2 is 1.58 bits per heavy atom. The average molecular weight is 258 g/mol. The third-order valence-electron chi connectivity index (χ3n) is 3.34. The van der Waals surface area contributed by atoms with Crippen LogP contribution in [0.15, 0.2) is 30.3 Å². The topological polar surface area (TPSA) is 37.3 Å². The molecule has 98 valence electrons. The van der Waals surface area contributed by atoms with Gasteiger partial charge in [-0.1, -0.05) is 12.1 Å². The summed E-state index contributed by atoms with van der Waals surface area (Å²) in [5, 5.41) is 9.21. The van der Waals surface area contributed by atoms with Crippen molar-refractivity contribution < 1.29 is 14.3 Å². The van der Waals surface area contributed by atoms with Gasteiger partial charge in [-0.2, -0.15) is 0 Å². The summed E-state index contributed by atoms with van der Waals surface area (Å²) in [7, 11) is 0. The van der Waals surface area contributed by atoms with Gasteiger partial charge in [-0.25, -0.2) is 9.18 Å². The van der Waals surface area contributed by atoms with E-state index in [0.717, 1.165) is 22.3 Å². The Kier molecular flexibility index (Phi) is 3.38. The van der Waals surface area contributed by atoms with Gasteiger partial charge in [0.2, 0.25) is 0 Å². The molecule has 2 nitrogen and oxygen atoms in total. The summed E-state index contributed by atoms with van der Waals surface area (Å²) in [6.07, 6.45) is 0. The molecule has 1 N–H and O–H groups in total. The highest BCUT2D eigenvalue weighted by Crippen LogP contribution is 2.30. The van der Waals surface area contributed by atoms with Crippen LogP contribution < -0.4 is 0 Å². The first-order valence-electron chi connectivity index (χ1n) is 6.01. The van der Waals surface area contributed by atoms with E-state index in [-0.39, 0.29) is 5.56 Å². The molecule has 2 rings (SSSR count). The van der Waals surface area contributed by atoms with Crippen molar-refractivity contribution >= 4 is 5.97 Å². The summed E-state index contributed by atoms with van der Waals surface area (Å²) >= 11 is 0. The van der Waals surface area contributed by atoms with E-state index in [1.165, 1.54) is 18.2 Å². The summed E-state index contributed by atoms with van der Waals surface area (Å²) in [6.45, 7) is 5.85. The zero-order chi connectivity index (χ0) is 14.2. The Morgan fingerprint density at radius 1 is 0.947 bits per heavy atom. The number of carboxylic acid groups (broad SMARTS) is 1. The molecule has 0 aliphatic carbocycles. The Morgan fingerprint density at radius 3 is 2.21 bits per heavy atom. The van der Waals surface area contributed by atoms with E-state index in [4.69, 9.17) is 0 Å². The van der Waals surface area contributed by atoms with E-state index in [1.54, 1.807) is 0 Å². The third kappa shape index (κ3) is 2.50. The van der Waals surface area contributed by atoms with Gasteiger partial charge in [0.1, 0.15) is 5.82 Å². The minimum absolute atomic E-state index is 0.118. The summed E-state index contributed by atoms with van der Waals surface area (Å²) in [5.41, 5.74) is 4.44. The lowest BCUT2D eigenvalue weighted by Gasteiger charge is -2.12. The Balaban J connectivity index is 2.74. The summed E-state index contributed by atoms with van der Waals surface area (Å²) in [4.78, 5) is 11.2. The van der Waals surface area contributed by atoms with Crippen LogP contribution in [-0.2, 0) is 0 Å². The van der Waals surface area contributed by atoms with Crippen molar-refractivity contribution in [2.24, 2.45) is 0 Å². The minimum atomic E-state index is -1.05. The van der Waals surface area contributed by atoms with Crippen molar-refractivity contribution in [3.8, 4) is 11.1 Å². The van der Waals surface area contributed by atoms with E-state index in [1.807, 2.05) is 32.9 Å². The fraction of sp³-hybridized carbons (Fsp3) is 0.188. The van der Waals surface area contributed by atoms with Crippen LogP contribution in [0.25, 0.3) is 11.1 Å². The first-order chi connectivity index (χ1) is 8.90. The molecule has 0 aliphatic rings. The third-order valence-corrected chi connectivity index (χ3v) is 3.34. The molecule has 0 radical (unpaired) electrons. The second-order valence-corrected chi connectivity index (χ2v) is 4.75. The molecule has 0 fully saturated rings. The number of carboxylic acids is 1. The molecule has 0 spiro atoms. The molecule has 0 heterocycles. The Bertz CT molecular complexity index is 660. The lowest BCUT2D eigenvalue weighted by Crippen LogP contribution is -2.01. The Labute approximate surface area is 111 Å². The maximum Gasteiger partial charge on any atom is 0.336 e. The van der Waals surface area contributed by atoms with Crippen LogP contribution in [-0.4, -0.2) is 11.1 Å². The Hall–Kier alpha value is -2.16. The quantitative estimate of drug-likeness (QED) is 0.879. The molecule has 2 aromatic carbocycles. The first-order valence-corrected chi connectivity index (χ1v) is 6.01. The average Bonchev–Trinajstić information content (AvgIpc) is 2.33. The minimum Gasteiger partial charge on any atom is -0.478 e. The highest BCUT2D eigenvalue weighted by Gasteiger charge is 2.15. The van der Waals surface area contributed by atoms with Crippen LogP contribution in [0, 0.1) is 26.6 Å². The first kappa shape index (κ1) is 13.3. The number of hydrogen-bond acceptors (Lipinski definition) is 1. The van der Waals surface area contributed by atoms with E-state index in [2.05, 4.69) is 0 Å². The molecule has 0 saturated carbocycles. The van der Waals surface area contributed by atoms with E-state index in [0.29, 0.717) is 5.56 Å². The lowest BCUT2D eigenvalue weighted by atomic mass is 9.92. The van der Waals surface area contributed by atoms with Crippen molar-refractivity contribution in [3.05, 3.63) is 58.4 Å². The number of carbonyl (C=O) groups is 1. The molecule has 0 atom stereocenters. The van der Waals surface area contributed by atoms with E-state index in [9.17, 15) is 14.3 Å². The van der Waals surface area contributed by atoms with Crippen LogP contribution in [0.3, 0.4) is 0 Å². The standard InChI is InChI=1S/C16H15FO2/c1-9-6-11(3)14(7-10(9)2)15-8-12(17)4-5-13(15)16(18)19/h4-8H,1-3H3,(H,18,19). The van der Waals surface area contributed by atoms with Crippen molar-refractivity contribution in [1.29, 1.82) is 0 Å². The molecular formula is C16H15FO2. The van der Waals surface area contributed by atoms with Gasteiger partial charge in [0.25, 0.3) is 0 Å². The van der Waals surface area contributed by atoms with Crippen LogP contribution in [0.2, 0.25) is 0 Å². The number of aromatic carboxylic acids is 1. The number of halogens is 1. The zero-order valence-corrected chi connectivity index (χ0v) is 11.1. The maximum absolute atomic E-state index is 13.4. The number of benzene rings is 2. The number of aryl methyl sites for hydroxylation is 3. The second kappa shape index (κ2) is 4.84. The molecular weight excluding hydrogens is 243 g/mol. The van der Waals surface area contributed by atoms with Gasteiger partial charge >= 0.3 is 5.97 Å². The number of hydrogen-bond donors (Lipinski definition) is 1. The van der Waals surface area contributed by atoms with Crippen molar-refractivity contribution in [1.82, 2.24) is 0 Å². The fourth-order valence-electron chi connectivity index (χ4n) is 2.18. The van der Waals surface area contributed by atoms with Gasteiger partial charge in [0.15, 0.2) is 0 Å². The van der Waals surface area contributed by atoms with Gasteiger partial charge in [-0.3, -0.25) is 0 Å². The monoisotopic (exact) mass is 258 g/mol. The molecule has 0 amide bonds. The SMILES string of the molecule is Cc1cc(C)c(-c2cc(F)ccc2C(=O)O)cc1C. The summed E-state index contributed by atoms with van der Waals surface area (Å²) in [5.74, 6) is -1.48. The lowest BCUT2D eigenvalue weighted by molar-refractivity contribution is 0.0697. The molecule has 19 heavy (non-hydrogen) atoms. The molecule has 2 aromatic rings. The van der Waals surface area contributed by atoms with Crippen LogP contribution >= 0.6 is 0 Å². The van der Waals surface area contributed by atoms with Crippen molar-refractivity contribution in [3.63, 3.8) is 0 Å². The largest absolute Gasteiger partial charge is 0.478 e. The highest BCUT2D eigenvalue weighted by atomic mass is 19.1. The predicted molar refractivity (Wildman–Crippen MR) is 73.0 cm³/mol. The second-order valence-electron chi connectivity index (χ2n) is 4.75. The molecule has 0 saturated heterocycles. The zero-order valence-electron chi connectivity index (χ0n) is 11.1. The van der Waals surface area contributed by atoms with Crippen molar-refractivity contribution in [2.75, 3.05) is 0 Å². The van der Waals surface area contributed by atoms with Gasteiger partial charge < -0.3 is 5.11 Å². The molecule has 0 aromatic heterocycles. The smallest absolute Gasteiger partial charge is 0.336 e. The fourth-order valence-corrected chi connectivity index (χ4v) is 2.18. The van der Waals surface area contributed by atoms with E-state index >= 15 is 0 Å². The van der Waals surface area contributed by atoms with Gasteiger partial charge in [0, 0.05) is 0 Å². The van der Waals surface area contributed by atoms with Crippen LogP contribution in [0.1, 0.15) is 27.0 Å². The van der Waals surface area contributed by atoms with Crippen molar-refractivity contribution in [2.45, 2.75) is 20.8 Å². The summed E-state index contributed by atoms with van der Waals surface area (Å²) in [6, 6.07) is 7.65. The van der Waals surface area contributed by atoms with Gasteiger partial charge in [-0.05, 0) is 66.8 Å². The van der Waals surface area contributed by atoms with Gasteiger partial charge in [-0.15, -0.1) is 0 Å². The van der Waals surface area contributed by atoms with E-state index < -0.39 is 11.8 Å². The highest BCUT2D eigenvalue weighted by molar-refractivity contribution is 5.96. The predicted octanol–water partition coefficient (Wildman–Crippen LogP) is 4.12. The maximum atomic E-state index is 13.4. The van der Waals surface area contributed by atoms with Crippen LogP contribution in [0.4, 0.5) is 4.39 Å². The van der Waals surface area contributed by atoms with Gasteiger partial charge in [0.05, 0.1) is 5.56 Å². The number of rotatable bonds is 2. The molecule has 0 unspecified atom stereocenters. The molecule has 3 heteroatoms. The normalized spacial score (nSPS) is 10.5. The van der Waals surface area contributed by atoms with Crippen LogP contribution in [0.5, 0.6) is 0 Å². The molecule has 0 aliphatic heterocycles.